The molecule has 2 fully saturated rings. The molecule has 0 aromatic rings. The van der Waals surface area contributed by atoms with Crippen molar-refractivity contribution in [2.75, 3.05) is 0 Å². The lowest BCUT2D eigenvalue weighted by Crippen LogP contribution is -2.21. The first-order valence-corrected chi connectivity index (χ1v) is 10.2. The second-order valence-corrected chi connectivity index (χ2v) is 7.50. The summed E-state index contributed by atoms with van der Waals surface area (Å²) in [5.74, 6) is 1.02. The summed E-state index contributed by atoms with van der Waals surface area (Å²) in [5.41, 5.74) is 1.66. The van der Waals surface area contributed by atoms with E-state index in [4.69, 9.17) is 0 Å². The van der Waals surface area contributed by atoms with Crippen LogP contribution in [0.2, 0.25) is 0 Å². The van der Waals surface area contributed by atoms with Crippen molar-refractivity contribution in [2.45, 2.75) is 112 Å². The summed E-state index contributed by atoms with van der Waals surface area (Å²) in [6.07, 6.45) is 19.5. The summed E-state index contributed by atoms with van der Waals surface area (Å²) in [5, 5.41) is 0. The molecule has 1 nitrogen and oxygen atoms in total. The van der Waals surface area contributed by atoms with Crippen molar-refractivity contribution in [3.63, 3.8) is 0 Å². The van der Waals surface area contributed by atoms with E-state index in [-0.39, 0.29) is 5.41 Å². The molecule has 2 aliphatic rings. The van der Waals surface area contributed by atoms with Gasteiger partial charge in [0.2, 0.25) is 0 Å². The molecule has 2 saturated carbocycles. The molecule has 0 aromatic heterocycles. The van der Waals surface area contributed by atoms with Gasteiger partial charge >= 0.3 is 0 Å². The Bertz CT molecular complexity index is 304. The van der Waals surface area contributed by atoms with E-state index in [2.05, 4.69) is 26.8 Å². The lowest BCUT2D eigenvalue weighted by atomic mass is 9.77. The number of allylic oxidation sites excluding steroid dienone is 2. The second-order valence-electron chi connectivity index (χ2n) is 7.50. The maximum Gasteiger partial charge on any atom is 0.125 e. The average Bonchev–Trinajstić information content (AvgIpc) is 2.59. The maximum atomic E-state index is 10.5. The molecule has 0 amide bonds. The number of carbonyl (C=O) groups is 1. The quantitative estimate of drug-likeness (QED) is 0.387. The van der Waals surface area contributed by atoms with Gasteiger partial charge in [-0.2, -0.15) is 0 Å². The van der Waals surface area contributed by atoms with E-state index in [1.54, 1.807) is 5.57 Å². The molecule has 23 heavy (non-hydrogen) atoms. The number of rotatable bonds is 4. The zero-order valence-corrected chi connectivity index (χ0v) is 16.6. The highest BCUT2D eigenvalue weighted by atomic mass is 16.1. The molecule has 0 atom stereocenters. The van der Waals surface area contributed by atoms with Crippen LogP contribution in [0.15, 0.2) is 11.6 Å². The van der Waals surface area contributed by atoms with Gasteiger partial charge in [0.05, 0.1) is 0 Å². The van der Waals surface area contributed by atoms with Crippen molar-refractivity contribution < 1.29 is 4.79 Å². The fourth-order valence-corrected chi connectivity index (χ4v) is 3.76. The van der Waals surface area contributed by atoms with Gasteiger partial charge in [-0.15, -0.1) is 0 Å². The summed E-state index contributed by atoms with van der Waals surface area (Å²) in [6, 6.07) is 0. The monoisotopic (exact) mass is 322 g/mol. The highest BCUT2D eigenvalue weighted by Crippen LogP contribution is 2.33. The van der Waals surface area contributed by atoms with Crippen molar-refractivity contribution in [3.8, 4) is 0 Å². The summed E-state index contributed by atoms with van der Waals surface area (Å²) in [4.78, 5) is 10.5. The fraction of sp³-hybridized carbons (Fsp3) is 0.864. The van der Waals surface area contributed by atoms with Crippen LogP contribution in [0.25, 0.3) is 0 Å². The summed E-state index contributed by atoms with van der Waals surface area (Å²) < 4.78 is 0. The van der Waals surface area contributed by atoms with Crippen LogP contribution in [0.3, 0.4) is 0 Å². The smallest absolute Gasteiger partial charge is 0.125 e. The lowest BCUT2D eigenvalue weighted by Gasteiger charge is -2.26. The van der Waals surface area contributed by atoms with Gasteiger partial charge < -0.3 is 4.79 Å². The van der Waals surface area contributed by atoms with Gasteiger partial charge in [-0.3, -0.25) is 0 Å². The number of hydrogen-bond acceptors (Lipinski definition) is 1. The minimum Gasteiger partial charge on any atom is -0.303 e. The summed E-state index contributed by atoms with van der Waals surface area (Å²) in [6.45, 7) is 10.6. The molecule has 0 bridgehead atoms. The Kier molecular flexibility index (Phi) is 13.5. The first-order chi connectivity index (χ1) is 11.1. The van der Waals surface area contributed by atoms with E-state index < -0.39 is 0 Å². The largest absolute Gasteiger partial charge is 0.303 e. The SMILES string of the molecule is CC.CC/C=C(/C)CC1CCCCC1.CC1(C=O)CCCCC1. The molecule has 0 spiro atoms. The fourth-order valence-electron chi connectivity index (χ4n) is 3.76. The molecule has 1 heteroatoms. The normalized spacial score (nSPS) is 21.3. The van der Waals surface area contributed by atoms with E-state index in [1.165, 1.54) is 64.2 Å². The van der Waals surface area contributed by atoms with Crippen molar-refractivity contribution in [1.82, 2.24) is 0 Å². The summed E-state index contributed by atoms with van der Waals surface area (Å²) in [7, 11) is 0. The number of hydrogen-bond donors (Lipinski definition) is 0. The Labute approximate surface area is 146 Å². The number of carbonyl (C=O) groups excluding carboxylic acids is 1. The van der Waals surface area contributed by atoms with Gasteiger partial charge in [0.25, 0.3) is 0 Å². The Morgan fingerprint density at radius 2 is 1.52 bits per heavy atom. The molecule has 2 aliphatic carbocycles. The highest BCUT2D eigenvalue weighted by Gasteiger charge is 2.25. The molecule has 0 aromatic carbocycles. The first-order valence-electron chi connectivity index (χ1n) is 10.2. The van der Waals surface area contributed by atoms with Crippen molar-refractivity contribution >= 4 is 6.29 Å². The molecule has 0 aliphatic heterocycles. The second kappa shape index (κ2) is 13.8. The van der Waals surface area contributed by atoms with E-state index in [0.29, 0.717) is 0 Å². The van der Waals surface area contributed by atoms with Crippen LogP contribution in [0.1, 0.15) is 112 Å². The van der Waals surface area contributed by atoms with Crippen LogP contribution in [-0.4, -0.2) is 6.29 Å². The topological polar surface area (TPSA) is 17.1 Å². The van der Waals surface area contributed by atoms with E-state index in [0.717, 1.165) is 25.0 Å². The van der Waals surface area contributed by atoms with Crippen LogP contribution in [-0.2, 0) is 4.79 Å². The lowest BCUT2D eigenvalue weighted by molar-refractivity contribution is -0.116. The van der Waals surface area contributed by atoms with Crippen molar-refractivity contribution in [3.05, 3.63) is 11.6 Å². The van der Waals surface area contributed by atoms with E-state index in [9.17, 15) is 4.79 Å². The molecule has 0 radical (unpaired) electrons. The number of aldehydes is 1. The van der Waals surface area contributed by atoms with Gasteiger partial charge in [0.15, 0.2) is 0 Å². The van der Waals surface area contributed by atoms with Crippen LogP contribution in [0.5, 0.6) is 0 Å². The minimum absolute atomic E-state index is 0.0399. The maximum absolute atomic E-state index is 10.5. The Morgan fingerprint density at radius 1 is 1.00 bits per heavy atom. The van der Waals surface area contributed by atoms with Gasteiger partial charge in [0, 0.05) is 5.41 Å². The predicted molar refractivity (Wildman–Crippen MR) is 104 cm³/mol. The first kappa shape index (κ1) is 22.4. The van der Waals surface area contributed by atoms with E-state index >= 15 is 0 Å². The third-order valence-corrected chi connectivity index (χ3v) is 5.17. The van der Waals surface area contributed by atoms with Gasteiger partial charge in [-0.25, -0.2) is 0 Å². The molecular weight excluding hydrogens is 280 g/mol. The van der Waals surface area contributed by atoms with Crippen molar-refractivity contribution in [2.24, 2.45) is 11.3 Å². The van der Waals surface area contributed by atoms with E-state index in [1.807, 2.05) is 13.8 Å². The highest BCUT2D eigenvalue weighted by molar-refractivity contribution is 5.58. The van der Waals surface area contributed by atoms with Gasteiger partial charge in [0.1, 0.15) is 6.29 Å². The van der Waals surface area contributed by atoms with Crippen LogP contribution in [0.4, 0.5) is 0 Å². The Balaban J connectivity index is 0.000000392. The van der Waals surface area contributed by atoms with Crippen LogP contribution < -0.4 is 0 Å². The third-order valence-electron chi connectivity index (χ3n) is 5.17. The summed E-state index contributed by atoms with van der Waals surface area (Å²) >= 11 is 0. The van der Waals surface area contributed by atoms with Crippen molar-refractivity contribution in [1.29, 1.82) is 0 Å². The molecule has 2 rings (SSSR count). The standard InChI is InChI=1S/C12H22.C8H14O.C2H6/c1-3-7-11(2)10-12-8-5-4-6-9-12;1-8(7-9)5-3-2-4-6-8;1-2/h7,12H,3-6,8-10H2,1-2H3;7H,2-6H2,1H3;1-2H3/b11-7-;;. The van der Waals surface area contributed by atoms with Gasteiger partial charge in [-0.05, 0) is 38.5 Å². The third kappa shape index (κ3) is 10.7. The van der Waals surface area contributed by atoms with Crippen LogP contribution >= 0.6 is 0 Å². The molecule has 0 saturated heterocycles. The molecule has 136 valence electrons. The predicted octanol–water partition coefficient (Wildman–Crippen LogP) is 7.50. The molecule has 0 unspecified atom stereocenters. The minimum atomic E-state index is 0.0399. The zero-order valence-electron chi connectivity index (χ0n) is 16.6. The molecule has 0 heterocycles. The molecular formula is C22H42O. The zero-order chi connectivity index (χ0) is 17.6. The average molecular weight is 323 g/mol. The Hall–Kier alpha value is -0.590. The van der Waals surface area contributed by atoms with Gasteiger partial charge in [-0.1, -0.05) is 90.7 Å². The Morgan fingerprint density at radius 3 is 1.96 bits per heavy atom. The van der Waals surface area contributed by atoms with Crippen LogP contribution in [0, 0.1) is 11.3 Å². The molecule has 0 N–H and O–H groups in total.